The molecular weight excluding hydrogens is 865 g/mol. The van der Waals surface area contributed by atoms with Crippen molar-refractivity contribution >= 4 is 79.7 Å². The molecule has 0 atom stereocenters. The van der Waals surface area contributed by atoms with Crippen LogP contribution in [0.3, 0.4) is 0 Å². The SMILES string of the molecule is CCCCCC(=O)OCC1(COC(=O)CCCCC)Nc2cccc3ccc(C4C(=O)C(c5ccc6cccc7c6c5NC(COC(=O)CCCCC)(COC(=O)CCCCC)N7)C4=O)c(c23)N1. The molecule has 14 nitrogen and oxygen atoms in total. The van der Waals surface area contributed by atoms with Gasteiger partial charge in [0.1, 0.15) is 38.3 Å². The third-order valence-electron chi connectivity index (χ3n) is 13.2. The number of carbonyl (C=O) groups is 6. The van der Waals surface area contributed by atoms with E-state index in [-0.39, 0.29) is 87.6 Å². The van der Waals surface area contributed by atoms with Crippen LogP contribution in [0.2, 0.25) is 0 Å². The highest BCUT2D eigenvalue weighted by molar-refractivity contribution is 6.33. The molecule has 4 aromatic carbocycles. The van der Waals surface area contributed by atoms with Gasteiger partial charge in [0, 0.05) is 47.8 Å². The van der Waals surface area contributed by atoms with Crippen LogP contribution in [0.15, 0.2) is 60.7 Å². The van der Waals surface area contributed by atoms with Gasteiger partial charge in [-0.3, -0.25) is 28.8 Å². The van der Waals surface area contributed by atoms with Crippen molar-refractivity contribution < 1.29 is 47.7 Å². The fourth-order valence-corrected chi connectivity index (χ4v) is 9.49. The van der Waals surface area contributed by atoms with Gasteiger partial charge in [0.15, 0.2) is 22.9 Å². The molecule has 0 aromatic heterocycles. The van der Waals surface area contributed by atoms with Crippen LogP contribution in [-0.2, 0) is 47.7 Å². The Bertz CT molecular complexity index is 2270. The molecule has 1 aliphatic carbocycles. The minimum absolute atomic E-state index is 0.202. The number of nitrogens with one attached hydrogen (secondary N) is 4. The first-order chi connectivity index (χ1) is 33.0. The minimum Gasteiger partial charge on any atom is -0.461 e. The van der Waals surface area contributed by atoms with Gasteiger partial charge in [-0.05, 0) is 59.7 Å². The van der Waals surface area contributed by atoms with Gasteiger partial charge in [-0.1, -0.05) is 128 Å². The maximum atomic E-state index is 14.9. The zero-order valence-corrected chi connectivity index (χ0v) is 40.2. The fraction of sp³-hybridized carbons (Fsp3) is 0.519. The number of Topliss-reactive ketones (excluding diaryl/α,β-unsaturated/α-hetero) is 2. The van der Waals surface area contributed by atoms with Crippen LogP contribution in [0.4, 0.5) is 22.7 Å². The lowest BCUT2D eigenvalue weighted by atomic mass is 9.64. The highest BCUT2D eigenvalue weighted by Gasteiger charge is 2.54. The summed E-state index contributed by atoms with van der Waals surface area (Å²) in [6.45, 7) is 7.42. The van der Waals surface area contributed by atoms with Crippen molar-refractivity contribution in [1.29, 1.82) is 0 Å². The predicted octanol–water partition coefficient (Wildman–Crippen LogP) is 10.6. The second-order valence-electron chi connectivity index (χ2n) is 18.7. The molecule has 4 aromatic rings. The van der Waals surface area contributed by atoms with Gasteiger partial charge >= 0.3 is 23.9 Å². The summed E-state index contributed by atoms with van der Waals surface area (Å²) in [6.07, 6.45) is 11.0. The minimum atomic E-state index is -1.33. The van der Waals surface area contributed by atoms with Crippen LogP contribution in [0, 0.1) is 0 Å². The number of hydrogen-bond donors (Lipinski definition) is 4. The highest BCUT2D eigenvalue weighted by Crippen LogP contribution is 2.52. The van der Waals surface area contributed by atoms with Crippen LogP contribution in [0.1, 0.15) is 153 Å². The fourth-order valence-electron chi connectivity index (χ4n) is 9.49. The Balaban J connectivity index is 1.21. The van der Waals surface area contributed by atoms with Gasteiger partial charge in [0.05, 0.1) is 11.4 Å². The van der Waals surface area contributed by atoms with E-state index in [0.29, 0.717) is 59.6 Å². The van der Waals surface area contributed by atoms with E-state index in [1.54, 1.807) is 12.1 Å². The summed E-state index contributed by atoms with van der Waals surface area (Å²) >= 11 is 0. The molecule has 7 rings (SSSR count). The number of anilines is 4. The zero-order chi connectivity index (χ0) is 48.3. The van der Waals surface area contributed by atoms with Crippen LogP contribution in [-0.4, -0.2) is 73.2 Å². The average Bonchev–Trinajstić information content (AvgIpc) is 3.33. The summed E-state index contributed by atoms with van der Waals surface area (Å²) in [5.41, 5.74) is 0.595. The number of esters is 4. The Morgan fingerprint density at radius 3 is 1.07 bits per heavy atom. The van der Waals surface area contributed by atoms with E-state index in [2.05, 4.69) is 49.0 Å². The van der Waals surface area contributed by atoms with Gasteiger partial charge in [-0.25, -0.2) is 0 Å². The molecule has 0 radical (unpaired) electrons. The Labute approximate surface area is 399 Å². The number of ketones is 2. The van der Waals surface area contributed by atoms with E-state index in [4.69, 9.17) is 18.9 Å². The largest absolute Gasteiger partial charge is 0.461 e. The summed E-state index contributed by atoms with van der Waals surface area (Å²) in [5.74, 6) is -4.47. The van der Waals surface area contributed by atoms with Crippen molar-refractivity contribution in [3.8, 4) is 0 Å². The second-order valence-corrected chi connectivity index (χ2v) is 18.7. The van der Waals surface area contributed by atoms with Crippen LogP contribution in [0.5, 0.6) is 0 Å². The molecular formula is C54H68N4O10. The first kappa shape index (κ1) is 49.7. The molecule has 0 amide bonds. The molecule has 2 aliphatic heterocycles. The lowest BCUT2D eigenvalue weighted by Gasteiger charge is -2.44. The molecule has 14 heteroatoms. The van der Waals surface area contributed by atoms with E-state index >= 15 is 0 Å². The number of carbonyl (C=O) groups excluding carboxylic acids is 6. The van der Waals surface area contributed by atoms with E-state index in [0.717, 1.165) is 72.9 Å². The third-order valence-corrected chi connectivity index (χ3v) is 13.2. The number of unbranched alkanes of at least 4 members (excludes halogenated alkanes) is 8. The lowest BCUT2D eigenvalue weighted by molar-refractivity contribution is -0.150. The van der Waals surface area contributed by atoms with Crippen molar-refractivity contribution in [3.63, 3.8) is 0 Å². The van der Waals surface area contributed by atoms with E-state index in [1.807, 2.05) is 48.5 Å². The van der Waals surface area contributed by atoms with Crippen molar-refractivity contribution in [2.24, 2.45) is 0 Å². The monoisotopic (exact) mass is 932 g/mol. The van der Waals surface area contributed by atoms with Gasteiger partial charge in [-0.15, -0.1) is 0 Å². The Morgan fingerprint density at radius 1 is 0.441 bits per heavy atom. The Hall–Kier alpha value is -6.18. The number of hydrogen-bond acceptors (Lipinski definition) is 14. The standard InChI is InChI=1S/C54H68N4O10/c1-5-9-13-23-41(59)65-31-53(32-66-42(60)24-14-10-6-2)55-39-21-17-19-35-27-29-37(49(57-53)45(35)39)47-51(63)48(52(47)64)38-30-28-36-20-18-22-40-46(36)50(38)58-54(56-40,33-67-43(61)25-15-11-7-3)34-68-44(62)26-16-12-8-4/h17-22,27-30,47-48,55-58H,5-16,23-26,31-34H2,1-4H3. The van der Waals surface area contributed by atoms with Crippen LogP contribution in [0.25, 0.3) is 21.5 Å². The number of benzene rings is 4. The molecule has 4 N–H and O–H groups in total. The van der Waals surface area contributed by atoms with Crippen LogP contribution >= 0.6 is 0 Å². The molecule has 3 aliphatic rings. The summed E-state index contributed by atoms with van der Waals surface area (Å²) in [7, 11) is 0. The molecule has 68 heavy (non-hydrogen) atoms. The quantitative estimate of drug-likeness (QED) is 0.0202. The van der Waals surface area contributed by atoms with E-state index < -0.39 is 23.2 Å². The summed E-state index contributed by atoms with van der Waals surface area (Å²) in [5, 5.41) is 17.1. The average molecular weight is 933 g/mol. The van der Waals surface area contributed by atoms with Gasteiger partial charge < -0.3 is 40.2 Å². The maximum Gasteiger partial charge on any atom is 0.305 e. The lowest BCUT2D eigenvalue weighted by Crippen LogP contribution is -2.57. The molecule has 0 unspecified atom stereocenters. The highest BCUT2D eigenvalue weighted by atomic mass is 16.6. The summed E-state index contributed by atoms with van der Waals surface area (Å²) in [6, 6.07) is 18.7. The molecule has 0 spiro atoms. The molecule has 0 saturated heterocycles. The number of ether oxygens (including phenoxy) is 4. The van der Waals surface area contributed by atoms with Crippen molar-refractivity contribution in [3.05, 3.63) is 71.8 Å². The molecule has 364 valence electrons. The van der Waals surface area contributed by atoms with Crippen molar-refractivity contribution in [2.75, 3.05) is 47.7 Å². The first-order valence-electron chi connectivity index (χ1n) is 24.9. The van der Waals surface area contributed by atoms with Gasteiger partial charge in [0.2, 0.25) is 0 Å². The smallest absolute Gasteiger partial charge is 0.305 e. The zero-order valence-electron chi connectivity index (χ0n) is 40.2. The first-order valence-corrected chi connectivity index (χ1v) is 24.9. The summed E-state index contributed by atoms with van der Waals surface area (Å²) < 4.78 is 23.5. The molecule has 2 heterocycles. The molecule has 1 fully saturated rings. The van der Waals surface area contributed by atoms with E-state index in [9.17, 15) is 28.8 Å². The Morgan fingerprint density at radius 2 is 0.765 bits per heavy atom. The van der Waals surface area contributed by atoms with E-state index in [1.165, 1.54) is 0 Å². The Kier molecular flexibility index (Phi) is 16.6. The van der Waals surface area contributed by atoms with Gasteiger partial charge in [-0.2, -0.15) is 0 Å². The molecule has 1 saturated carbocycles. The topological polar surface area (TPSA) is 187 Å². The second kappa shape index (κ2) is 22.7. The molecule has 0 bridgehead atoms. The van der Waals surface area contributed by atoms with Gasteiger partial charge in [0.25, 0.3) is 0 Å². The number of rotatable bonds is 26. The summed E-state index contributed by atoms with van der Waals surface area (Å²) in [4.78, 5) is 81.9. The van der Waals surface area contributed by atoms with Crippen molar-refractivity contribution in [1.82, 2.24) is 0 Å². The maximum absolute atomic E-state index is 14.9. The third kappa shape index (κ3) is 11.2. The van der Waals surface area contributed by atoms with Crippen LogP contribution < -0.4 is 21.3 Å². The predicted molar refractivity (Wildman–Crippen MR) is 264 cm³/mol. The normalized spacial score (nSPS) is 17.2. The van der Waals surface area contributed by atoms with Crippen molar-refractivity contribution in [2.45, 2.75) is 154 Å².